The van der Waals surface area contributed by atoms with Crippen LogP contribution in [0.1, 0.15) is 15.9 Å². The fraction of sp³-hybridized carbons (Fsp3) is 0. The van der Waals surface area contributed by atoms with Crippen molar-refractivity contribution in [3.63, 3.8) is 0 Å². The third-order valence-electron chi connectivity index (χ3n) is 2.64. The molecular formula is C15H10Cl2O. The molecule has 0 aliphatic rings. The smallest absolute Gasteiger partial charge is 0.252 e. The fourth-order valence-electron chi connectivity index (χ4n) is 1.64. The minimum Gasteiger partial charge on any atom is -0.276 e. The van der Waals surface area contributed by atoms with E-state index in [-0.39, 0.29) is 0 Å². The Morgan fingerprint density at radius 2 is 1.17 bits per heavy atom. The van der Waals surface area contributed by atoms with E-state index in [1.54, 1.807) is 12.1 Å². The zero-order valence-electron chi connectivity index (χ0n) is 9.49. The van der Waals surface area contributed by atoms with Crippen molar-refractivity contribution in [1.29, 1.82) is 0 Å². The van der Waals surface area contributed by atoms with E-state index in [1.165, 1.54) is 0 Å². The Hall–Kier alpha value is -1.57. The average molecular weight is 277 g/mol. The summed E-state index contributed by atoms with van der Waals surface area (Å²) in [5, 5.41) is 0.0694. The van der Waals surface area contributed by atoms with Gasteiger partial charge in [-0.15, -0.1) is 0 Å². The summed E-state index contributed by atoms with van der Waals surface area (Å²) >= 11 is 11.2. The van der Waals surface area contributed by atoms with Gasteiger partial charge in [0.15, 0.2) is 0 Å². The van der Waals surface area contributed by atoms with Crippen molar-refractivity contribution in [1.82, 2.24) is 0 Å². The second kappa shape index (κ2) is 5.38. The van der Waals surface area contributed by atoms with E-state index in [4.69, 9.17) is 23.2 Å². The molecule has 0 fully saturated rings. The molecule has 0 aromatic heterocycles. The summed E-state index contributed by atoms with van der Waals surface area (Å²) in [6.07, 6.45) is 0. The molecule has 90 valence electrons. The van der Waals surface area contributed by atoms with Gasteiger partial charge in [-0.25, -0.2) is 0 Å². The maximum Gasteiger partial charge on any atom is 0.252 e. The predicted octanol–water partition coefficient (Wildman–Crippen LogP) is 4.94. The van der Waals surface area contributed by atoms with Gasteiger partial charge < -0.3 is 0 Å². The average Bonchev–Trinajstić information content (AvgIpc) is 2.39. The summed E-state index contributed by atoms with van der Waals surface area (Å²) in [7, 11) is 0. The van der Waals surface area contributed by atoms with Gasteiger partial charge in [-0.3, -0.25) is 4.79 Å². The van der Waals surface area contributed by atoms with E-state index in [1.807, 2.05) is 36.4 Å². The minimum atomic E-state index is -0.449. The van der Waals surface area contributed by atoms with Crippen LogP contribution in [0.15, 0.2) is 55.1 Å². The second-order valence-electron chi connectivity index (χ2n) is 3.83. The SMILES string of the molecule is C=C(Cl)c1ccc(-c2ccc(C(=O)Cl)cc2)cc1. The Balaban J connectivity index is 2.31. The highest BCUT2D eigenvalue weighted by molar-refractivity contribution is 6.67. The van der Waals surface area contributed by atoms with Crippen LogP contribution in [0.5, 0.6) is 0 Å². The molecule has 2 aromatic carbocycles. The maximum atomic E-state index is 11.0. The van der Waals surface area contributed by atoms with Crippen LogP contribution in [0.2, 0.25) is 0 Å². The van der Waals surface area contributed by atoms with Gasteiger partial charge in [0.05, 0.1) is 0 Å². The first-order valence-electron chi connectivity index (χ1n) is 5.33. The number of halogens is 2. The molecule has 0 bridgehead atoms. The first-order chi connectivity index (χ1) is 8.58. The molecule has 2 aromatic rings. The first kappa shape index (κ1) is 12.9. The molecule has 1 nitrogen and oxygen atoms in total. The van der Waals surface area contributed by atoms with Gasteiger partial charge in [-0.05, 0) is 40.4 Å². The van der Waals surface area contributed by atoms with E-state index in [2.05, 4.69) is 6.58 Å². The third-order valence-corrected chi connectivity index (χ3v) is 3.08. The summed E-state index contributed by atoms with van der Waals surface area (Å²) in [5.41, 5.74) is 3.45. The van der Waals surface area contributed by atoms with Gasteiger partial charge in [-0.2, -0.15) is 0 Å². The van der Waals surface area contributed by atoms with Crippen molar-refractivity contribution in [2.45, 2.75) is 0 Å². The highest BCUT2D eigenvalue weighted by Crippen LogP contribution is 2.23. The number of carbonyl (C=O) groups excluding carboxylic acids is 1. The molecule has 0 heterocycles. The molecule has 0 amide bonds. The number of hydrogen-bond donors (Lipinski definition) is 0. The molecule has 0 saturated carbocycles. The normalized spacial score (nSPS) is 10.1. The molecule has 0 aliphatic heterocycles. The van der Waals surface area contributed by atoms with Gasteiger partial charge in [0.1, 0.15) is 0 Å². The predicted molar refractivity (Wildman–Crippen MR) is 76.9 cm³/mol. The number of carbonyl (C=O) groups is 1. The van der Waals surface area contributed by atoms with Crippen molar-refractivity contribution < 1.29 is 4.79 Å². The van der Waals surface area contributed by atoms with Crippen LogP contribution in [-0.2, 0) is 0 Å². The topological polar surface area (TPSA) is 17.1 Å². The Morgan fingerprint density at radius 1 is 0.778 bits per heavy atom. The molecule has 0 N–H and O–H groups in total. The number of hydrogen-bond acceptors (Lipinski definition) is 1. The van der Waals surface area contributed by atoms with E-state index < -0.39 is 5.24 Å². The van der Waals surface area contributed by atoms with Crippen molar-refractivity contribution in [2.75, 3.05) is 0 Å². The van der Waals surface area contributed by atoms with Crippen LogP contribution < -0.4 is 0 Å². The van der Waals surface area contributed by atoms with Crippen molar-refractivity contribution in [2.24, 2.45) is 0 Å². The molecule has 0 unspecified atom stereocenters. The van der Waals surface area contributed by atoms with Gasteiger partial charge in [-0.1, -0.05) is 54.6 Å². The summed E-state index contributed by atoms with van der Waals surface area (Å²) in [6.45, 7) is 3.67. The lowest BCUT2D eigenvalue weighted by Crippen LogP contribution is -1.88. The summed E-state index contributed by atoms with van der Waals surface area (Å²) in [5.74, 6) is 0. The lowest BCUT2D eigenvalue weighted by molar-refractivity contribution is 0.108. The first-order valence-corrected chi connectivity index (χ1v) is 6.08. The number of benzene rings is 2. The Morgan fingerprint density at radius 3 is 1.50 bits per heavy atom. The monoisotopic (exact) mass is 276 g/mol. The molecule has 0 radical (unpaired) electrons. The van der Waals surface area contributed by atoms with Gasteiger partial charge in [0.2, 0.25) is 0 Å². The molecule has 0 aliphatic carbocycles. The highest BCUT2D eigenvalue weighted by Gasteiger charge is 2.03. The van der Waals surface area contributed by atoms with Crippen molar-refractivity contribution in [3.05, 3.63) is 66.2 Å². The lowest BCUT2D eigenvalue weighted by Gasteiger charge is -2.04. The van der Waals surface area contributed by atoms with Crippen LogP contribution >= 0.6 is 23.2 Å². The molecule has 2 rings (SSSR count). The molecule has 0 saturated heterocycles. The summed E-state index contributed by atoms with van der Waals surface area (Å²) in [4.78, 5) is 11.0. The van der Waals surface area contributed by atoms with Crippen LogP contribution in [-0.4, -0.2) is 5.24 Å². The minimum absolute atomic E-state index is 0.449. The van der Waals surface area contributed by atoms with Gasteiger partial charge >= 0.3 is 0 Å². The van der Waals surface area contributed by atoms with Crippen molar-refractivity contribution in [3.8, 4) is 11.1 Å². The molecular weight excluding hydrogens is 267 g/mol. The van der Waals surface area contributed by atoms with Crippen LogP contribution in [0.25, 0.3) is 16.2 Å². The molecule has 0 atom stereocenters. The maximum absolute atomic E-state index is 11.0. The Labute approximate surface area is 116 Å². The van der Waals surface area contributed by atoms with E-state index >= 15 is 0 Å². The second-order valence-corrected chi connectivity index (χ2v) is 4.63. The highest BCUT2D eigenvalue weighted by atomic mass is 35.5. The standard InChI is InChI=1S/C15H10Cl2O/c1-10(16)11-2-4-12(5-3-11)13-6-8-14(9-7-13)15(17)18/h2-9H,1H2. The fourth-order valence-corrected chi connectivity index (χ4v) is 1.89. The Kier molecular flexibility index (Phi) is 3.85. The van der Waals surface area contributed by atoms with Crippen LogP contribution in [0, 0.1) is 0 Å². The van der Waals surface area contributed by atoms with Gasteiger partial charge in [0, 0.05) is 10.6 Å². The molecule has 3 heteroatoms. The largest absolute Gasteiger partial charge is 0.276 e. The van der Waals surface area contributed by atoms with Crippen LogP contribution in [0.3, 0.4) is 0 Å². The summed E-state index contributed by atoms with van der Waals surface area (Å²) in [6, 6.07) is 14.9. The molecule has 18 heavy (non-hydrogen) atoms. The van der Waals surface area contributed by atoms with E-state index in [9.17, 15) is 4.79 Å². The summed E-state index contributed by atoms with van der Waals surface area (Å²) < 4.78 is 0. The molecule has 0 spiro atoms. The van der Waals surface area contributed by atoms with Crippen LogP contribution in [0.4, 0.5) is 0 Å². The lowest BCUT2D eigenvalue weighted by atomic mass is 10.0. The quantitative estimate of drug-likeness (QED) is 0.726. The van der Waals surface area contributed by atoms with Gasteiger partial charge in [0.25, 0.3) is 5.24 Å². The zero-order valence-corrected chi connectivity index (χ0v) is 11.0. The number of rotatable bonds is 3. The van der Waals surface area contributed by atoms with E-state index in [0.29, 0.717) is 10.6 Å². The van der Waals surface area contributed by atoms with E-state index in [0.717, 1.165) is 16.7 Å². The Bertz CT molecular complexity index is 527. The zero-order chi connectivity index (χ0) is 13.1. The third kappa shape index (κ3) is 2.81. The van der Waals surface area contributed by atoms with Crippen molar-refractivity contribution >= 4 is 33.5 Å².